The first-order chi connectivity index (χ1) is 8.70. The molecule has 0 aliphatic heterocycles. The van der Waals surface area contributed by atoms with Crippen LogP contribution in [0.5, 0.6) is 5.75 Å². The summed E-state index contributed by atoms with van der Waals surface area (Å²) >= 11 is 6.00. The molecule has 0 unspecified atom stereocenters. The summed E-state index contributed by atoms with van der Waals surface area (Å²) in [6, 6.07) is 14.5. The van der Waals surface area contributed by atoms with Crippen LogP contribution in [-0.2, 0) is 6.61 Å². The second-order valence-electron chi connectivity index (χ2n) is 3.76. The van der Waals surface area contributed by atoms with E-state index >= 15 is 0 Å². The number of hydrogen-bond acceptors (Lipinski definition) is 3. The average molecular weight is 259 g/mol. The summed E-state index contributed by atoms with van der Waals surface area (Å²) in [5.41, 5.74) is 7.86. The van der Waals surface area contributed by atoms with Crippen LogP contribution < -0.4 is 10.5 Å². The van der Waals surface area contributed by atoms with Crippen LogP contribution in [-0.4, -0.2) is 0 Å². The normalized spacial score (nSPS) is 9.78. The number of halogens is 1. The molecule has 2 aromatic carbocycles. The fourth-order valence-electron chi connectivity index (χ4n) is 1.51. The highest BCUT2D eigenvalue weighted by molar-refractivity contribution is 6.32. The van der Waals surface area contributed by atoms with Gasteiger partial charge in [0.2, 0.25) is 0 Å². The summed E-state index contributed by atoms with van der Waals surface area (Å²) in [6.45, 7) is 0.361. The number of hydrogen-bond donors (Lipinski definition) is 1. The van der Waals surface area contributed by atoms with Crippen molar-refractivity contribution in [3.05, 3.63) is 58.6 Å². The van der Waals surface area contributed by atoms with Gasteiger partial charge < -0.3 is 10.5 Å². The molecule has 2 N–H and O–H groups in total. The van der Waals surface area contributed by atoms with Crippen molar-refractivity contribution in [2.45, 2.75) is 6.61 Å². The largest absolute Gasteiger partial charge is 0.485 e. The van der Waals surface area contributed by atoms with Crippen LogP contribution in [0.2, 0.25) is 5.02 Å². The first-order valence-corrected chi connectivity index (χ1v) is 5.74. The highest BCUT2D eigenvalue weighted by atomic mass is 35.5. The Labute approximate surface area is 110 Å². The second-order valence-corrected chi connectivity index (χ2v) is 4.16. The lowest BCUT2D eigenvalue weighted by Crippen LogP contribution is -1.99. The molecule has 18 heavy (non-hydrogen) atoms. The lowest BCUT2D eigenvalue weighted by atomic mass is 10.1. The molecule has 0 aromatic heterocycles. The molecule has 0 bridgehead atoms. The summed E-state index contributed by atoms with van der Waals surface area (Å²) in [5, 5.41) is 9.18. The third-order valence-electron chi connectivity index (χ3n) is 2.46. The van der Waals surface area contributed by atoms with Crippen LogP contribution in [0.3, 0.4) is 0 Å². The maximum Gasteiger partial charge on any atom is 0.161 e. The smallest absolute Gasteiger partial charge is 0.161 e. The Morgan fingerprint density at radius 2 is 1.89 bits per heavy atom. The molecule has 2 rings (SSSR count). The van der Waals surface area contributed by atoms with E-state index in [0.717, 1.165) is 5.56 Å². The summed E-state index contributed by atoms with van der Waals surface area (Å²) in [4.78, 5) is 0. The van der Waals surface area contributed by atoms with Gasteiger partial charge in [0.15, 0.2) is 5.75 Å². The molecule has 4 heteroatoms. The molecular weight excluding hydrogens is 248 g/mol. The topological polar surface area (TPSA) is 59.0 Å². The standard InChI is InChI=1S/C14H11ClN2O/c15-12-2-1-3-13(17)14(12)18-9-11-6-4-10(8-16)5-7-11/h1-7H,9,17H2. The van der Waals surface area contributed by atoms with Crippen molar-refractivity contribution in [2.24, 2.45) is 0 Å². The van der Waals surface area contributed by atoms with Gasteiger partial charge in [-0.1, -0.05) is 29.8 Å². The van der Waals surface area contributed by atoms with Crippen LogP contribution in [0.1, 0.15) is 11.1 Å². The van der Waals surface area contributed by atoms with E-state index in [1.165, 1.54) is 0 Å². The lowest BCUT2D eigenvalue weighted by molar-refractivity contribution is 0.308. The van der Waals surface area contributed by atoms with Gasteiger partial charge in [-0.3, -0.25) is 0 Å². The van der Waals surface area contributed by atoms with Crippen LogP contribution >= 0.6 is 11.6 Å². The zero-order chi connectivity index (χ0) is 13.0. The van der Waals surface area contributed by atoms with E-state index in [1.807, 2.05) is 12.1 Å². The highest BCUT2D eigenvalue weighted by Gasteiger charge is 2.05. The molecule has 0 aliphatic carbocycles. The number of nitrogen functional groups attached to an aromatic ring is 1. The van der Waals surface area contributed by atoms with Crippen molar-refractivity contribution in [1.29, 1.82) is 5.26 Å². The van der Waals surface area contributed by atoms with Gasteiger partial charge in [0.05, 0.1) is 22.3 Å². The number of nitriles is 1. The monoisotopic (exact) mass is 258 g/mol. The SMILES string of the molecule is N#Cc1ccc(COc2c(N)cccc2Cl)cc1. The van der Waals surface area contributed by atoms with Crippen molar-refractivity contribution < 1.29 is 4.74 Å². The molecule has 0 saturated carbocycles. The summed E-state index contributed by atoms with van der Waals surface area (Å²) in [6.07, 6.45) is 0. The number of benzene rings is 2. The molecule has 0 fully saturated rings. The zero-order valence-corrected chi connectivity index (χ0v) is 10.3. The third kappa shape index (κ3) is 2.73. The number of para-hydroxylation sites is 1. The summed E-state index contributed by atoms with van der Waals surface area (Å²) < 4.78 is 5.59. The van der Waals surface area contributed by atoms with Gasteiger partial charge in [0.1, 0.15) is 6.61 Å². The Bertz CT molecular complexity index is 567. The van der Waals surface area contributed by atoms with Crippen molar-refractivity contribution in [3.63, 3.8) is 0 Å². The van der Waals surface area contributed by atoms with E-state index in [9.17, 15) is 0 Å². The zero-order valence-electron chi connectivity index (χ0n) is 9.56. The highest BCUT2D eigenvalue weighted by Crippen LogP contribution is 2.31. The molecule has 2 aromatic rings. The van der Waals surface area contributed by atoms with Crippen LogP contribution in [0.25, 0.3) is 0 Å². The number of nitrogens with two attached hydrogens (primary N) is 1. The molecule has 0 radical (unpaired) electrons. The van der Waals surface area contributed by atoms with E-state index < -0.39 is 0 Å². The van der Waals surface area contributed by atoms with Crippen LogP contribution in [0.4, 0.5) is 5.69 Å². The molecule has 3 nitrogen and oxygen atoms in total. The number of anilines is 1. The predicted octanol–water partition coefficient (Wildman–Crippen LogP) is 3.37. The fourth-order valence-corrected chi connectivity index (χ4v) is 1.75. The number of ether oxygens (including phenoxy) is 1. The van der Waals surface area contributed by atoms with E-state index in [4.69, 9.17) is 27.3 Å². The Balaban J connectivity index is 2.09. The quantitative estimate of drug-likeness (QED) is 0.859. The second kappa shape index (κ2) is 5.44. The first kappa shape index (κ1) is 12.3. The average Bonchev–Trinajstić information content (AvgIpc) is 2.39. The Morgan fingerprint density at radius 1 is 1.17 bits per heavy atom. The maximum atomic E-state index is 8.69. The number of nitrogens with zero attached hydrogens (tertiary/aromatic N) is 1. The molecule has 0 amide bonds. The molecule has 0 aliphatic rings. The lowest BCUT2D eigenvalue weighted by Gasteiger charge is -2.10. The van der Waals surface area contributed by atoms with E-state index in [1.54, 1.807) is 30.3 Å². The summed E-state index contributed by atoms with van der Waals surface area (Å²) in [5.74, 6) is 0.489. The fraction of sp³-hybridized carbons (Fsp3) is 0.0714. The minimum absolute atomic E-state index is 0.361. The molecule has 0 atom stereocenters. The van der Waals surface area contributed by atoms with Gasteiger partial charge in [-0.25, -0.2) is 0 Å². The van der Waals surface area contributed by atoms with E-state index in [2.05, 4.69) is 6.07 Å². The Morgan fingerprint density at radius 3 is 2.50 bits per heavy atom. The van der Waals surface area contributed by atoms with Gasteiger partial charge in [-0.15, -0.1) is 0 Å². The molecule has 90 valence electrons. The molecular formula is C14H11ClN2O. The van der Waals surface area contributed by atoms with Crippen LogP contribution in [0, 0.1) is 11.3 Å². The minimum atomic E-state index is 0.361. The van der Waals surface area contributed by atoms with Gasteiger partial charge in [-0.2, -0.15) is 5.26 Å². The van der Waals surface area contributed by atoms with Gasteiger partial charge in [-0.05, 0) is 29.8 Å². The summed E-state index contributed by atoms with van der Waals surface area (Å²) in [7, 11) is 0. The Hall–Kier alpha value is -2.18. The Kier molecular flexibility index (Phi) is 3.71. The van der Waals surface area contributed by atoms with Crippen molar-refractivity contribution in [2.75, 3.05) is 5.73 Å². The molecule has 0 spiro atoms. The molecule has 0 saturated heterocycles. The predicted molar refractivity (Wildman–Crippen MR) is 71.4 cm³/mol. The first-order valence-electron chi connectivity index (χ1n) is 5.36. The maximum absolute atomic E-state index is 8.69. The van der Waals surface area contributed by atoms with Crippen molar-refractivity contribution >= 4 is 17.3 Å². The molecule has 0 heterocycles. The third-order valence-corrected chi connectivity index (χ3v) is 2.76. The van der Waals surface area contributed by atoms with Gasteiger partial charge in [0.25, 0.3) is 0 Å². The van der Waals surface area contributed by atoms with Gasteiger partial charge in [0, 0.05) is 0 Å². The van der Waals surface area contributed by atoms with E-state index in [-0.39, 0.29) is 0 Å². The van der Waals surface area contributed by atoms with Crippen molar-refractivity contribution in [1.82, 2.24) is 0 Å². The van der Waals surface area contributed by atoms with E-state index in [0.29, 0.717) is 28.6 Å². The van der Waals surface area contributed by atoms with Crippen molar-refractivity contribution in [3.8, 4) is 11.8 Å². The van der Waals surface area contributed by atoms with Gasteiger partial charge >= 0.3 is 0 Å². The van der Waals surface area contributed by atoms with Crippen LogP contribution in [0.15, 0.2) is 42.5 Å². The number of rotatable bonds is 3. The minimum Gasteiger partial charge on any atom is -0.485 e.